The molecule has 0 amide bonds. The second kappa shape index (κ2) is 14.3. The van der Waals surface area contributed by atoms with E-state index in [1.54, 1.807) is 6.92 Å². The molecule has 0 saturated carbocycles. The van der Waals surface area contributed by atoms with Gasteiger partial charge in [0.1, 0.15) is 5.78 Å². The van der Waals surface area contributed by atoms with Gasteiger partial charge in [-0.15, -0.1) is 0 Å². The largest absolute Gasteiger partial charge is 0.300 e. The fourth-order valence-corrected chi connectivity index (χ4v) is 3.20. The van der Waals surface area contributed by atoms with Crippen molar-refractivity contribution in [1.82, 2.24) is 4.98 Å². The van der Waals surface area contributed by atoms with E-state index in [9.17, 15) is 4.79 Å². The fraction of sp³-hybridized carbons (Fsp3) is 0.379. The zero-order valence-electron chi connectivity index (χ0n) is 20.2. The first-order chi connectivity index (χ1) is 14.9. The van der Waals surface area contributed by atoms with Crippen molar-refractivity contribution in [1.29, 1.82) is 0 Å². The molecule has 0 aliphatic heterocycles. The molecular weight excluding hydrogens is 378 g/mol. The molecule has 1 aromatic heterocycles. The highest BCUT2D eigenvalue weighted by Crippen LogP contribution is 2.21. The molecular formula is C29H39NO. The van der Waals surface area contributed by atoms with E-state index in [0.29, 0.717) is 0 Å². The number of Topliss-reactive ketones (excluding diaryl/α,β-unsaturated/α-hetero) is 1. The summed E-state index contributed by atoms with van der Waals surface area (Å²) < 4.78 is 0. The molecule has 2 heteroatoms. The van der Waals surface area contributed by atoms with E-state index >= 15 is 0 Å². The minimum Gasteiger partial charge on any atom is -0.300 e. The number of aromatic nitrogens is 1. The van der Waals surface area contributed by atoms with Crippen LogP contribution in [0.2, 0.25) is 0 Å². The van der Waals surface area contributed by atoms with Gasteiger partial charge >= 0.3 is 0 Å². The topological polar surface area (TPSA) is 30.0 Å². The van der Waals surface area contributed by atoms with Crippen LogP contribution in [0.1, 0.15) is 65.0 Å². The molecule has 0 aliphatic rings. The number of carbonyl (C=O) groups is 1. The molecule has 0 saturated heterocycles. The first kappa shape index (κ1) is 26.3. The van der Waals surface area contributed by atoms with Crippen LogP contribution in [0.25, 0.3) is 11.3 Å². The Morgan fingerprint density at radius 3 is 2.29 bits per heavy atom. The number of benzene rings is 1. The lowest BCUT2D eigenvalue weighted by molar-refractivity contribution is -0.120. The third kappa shape index (κ3) is 9.29. The van der Waals surface area contributed by atoms with Crippen molar-refractivity contribution in [2.45, 2.75) is 67.2 Å². The van der Waals surface area contributed by atoms with E-state index in [2.05, 4.69) is 67.0 Å². The summed E-state index contributed by atoms with van der Waals surface area (Å²) in [6.07, 6.45) is 12.1. The molecule has 2 rings (SSSR count). The van der Waals surface area contributed by atoms with Crippen LogP contribution < -0.4 is 0 Å². The number of hydrogen-bond donors (Lipinski definition) is 0. The van der Waals surface area contributed by atoms with Gasteiger partial charge in [-0.3, -0.25) is 9.78 Å². The summed E-state index contributed by atoms with van der Waals surface area (Å²) in [6.45, 7) is 15.8. The first-order valence-electron chi connectivity index (χ1n) is 11.4. The second-order valence-corrected chi connectivity index (χ2v) is 7.79. The van der Waals surface area contributed by atoms with E-state index in [-0.39, 0.29) is 11.7 Å². The summed E-state index contributed by atoms with van der Waals surface area (Å²) in [4.78, 5) is 15.9. The number of ketones is 1. The zero-order chi connectivity index (χ0) is 23.2. The molecule has 166 valence electrons. The Kier molecular flexibility index (Phi) is 12.1. The summed E-state index contributed by atoms with van der Waals surface area (Å²) in [6, 6.07) is 12.7. The van der Waals surface area contributed by atoms with Crippen molar-refractivity contribution >= 4 is 5.78 Å². The predicted octanol–water partition coefficient (Wildman–Crippen LogP) is 8.08. The van der Waals surface area contributed by atoms with Crippen molar-refractivity contribution in [3.63, 3.8) is 0 Å². The summed E-state index contributed by atoms with van der Waals surface area (Å²) >= 11 is 0. The normalized spacial score (nSPS) is 12.6. The van der Waals surface area contributed by atoms with Crippen molar-refractivity contribution in [3.8, 4) is 11.3 Å². The molecule has 2 aromatic rings. The molecule has 0 N–H and O–H groups in total. The van der Waals surface area contributed by atoms with E-state index in [4.69, 9.17) is 0 Å². The summed E-state index contributed by atoms with van der Waals surface area (Å²) in [7, 11) is 0. The van der Waals surface area contributed by atoms with Crippen LogP contribution in [0.4, 0.5) is 0 Å². The Bertz CT molecular complexity index is 870. The molecule has 0 bridgehead atoms. The molecule has 1 aromatic carbocycles. The van der Waals surface area contributed by atoms with Crippen LogP contribution in [-0.2, 0) is 11.2 Å². The second-order valence-electron chi connectivity index (χ2n) is 7.79. The number of rotatable bonds is 10. The number of carbonyl (C=O) groups excluding carboxylic acids is 1. The highest BCUT2D eigenvalue weighted by Gasteiger charge is 2.07. The molecule has 1 unspecified atom stereocenters. The highest BCUT2D eigenvalue weighted by atomic mass is 16.1. The summed E-state index contributed by atoms with van der Waals surface area (Å²) in [5.74, 6) is 0.427. The van der Waals surface area contributed by atoms with Crippen molar-refractivity contribution in [3.05, 3.63) is 89.7 Å². The Labute approximate surface area is 189 Å². The lowest BCUT2D eigenvalue weighted by atomic mass is 9.96. The molecule has 1 atom stereocenters. The minimum absolute atomic E-state index is 0.150. The van der Waals surface area contributed by atoms with E-state index in [1.165, 1.54) is 22.3 Å². The van der Waals surface area contributed by atoms with E-state index in [1.807, 2.05) is 40.0 Å². The van der Waals surface area contributed by atoms with Crippen LogP contribution >= 0.6 is 0 Å². The Balaban J connectivity index is 0.00000233. The van der Waals surface area contributed by atoms with Crippen LogP contribution in [0, 0.1) is 12.8 Å². The molecule has 0 aliphatic carbocycles. The van der Waals surface area contributed by atoms with Crippen LogP contribution in [-0.4, -0.2) is 10.8 Å². The smallest absolute Gasteiger partial charge is 0.132 e. The molecule has 0 spiro atoms. The Morgan fingerprint density at radius 2 is 1.77 bits per heavy atom. The number of nitrogens with zero attached hydrogens (tertiary/aromatic N) is 1. The number of aryl methyl sites for hydroxylation is 1. The van der Waals surface area contributed by atoms with E-state index < -0.39 is 0 Å². The van der Waals surface area contributed by atoms with Gasteiger partial charge in [-0.2, -0.15) is 0 Å². The quantitative estimate of drug-likeness (QED) is 0.366. The first-order valence-corrected chi connectivity index (χ1v) is 11.4. The van der Waals surface area contributed by atoms with Gasteiger partial charge in [-0.1, -0.05) is 81.5 Å². The molecule has 2 nitrogen and oxygen atoms in total. The van der Waals surface area contributed by atoms with Gasteiger partial charge in [-0.25, -0.2) is 0 Å². The third-order valence-corrected chi connectivity index (χ3v) is 5.37. The third-order valence-electron chi connectivity index (χ3n) is 5.37. The zero-order valence-corrected chi connectivity index (χ0v) is 20.2. The molecule has 31 heavy (non-hydrogen) atoms. The highest BCUT2D eigenvalue weighted by molar-refractivity contribution is 5.77. The lowest BCUT2D eigenvalue weighted by Crippen LogP contribution is -2.05. The van der Waals surface area contributed by atoms with Crippen LogP contribution in [0.5, 0.6) is 0 Å². The Morgan fingerprint density at radius 1 is 1.10 bits per heavy atom. The standard InChI is InChI=1S/C27H33NO.C2H6/c1-6-23(10-8-9-21(4)22(5)29)17-24(7-2)18-25-12-14-26(15-13-25)27-16-11-20(3)19-28-27;1-2/h6-7,11-17,19,21H,2,8-10,18H2,1,3-5H3;1-2H3/b23-6-,24-17+;. The fourth-order valence-electron chi connectivity index (χ4n) is 3.20. The van der Waals surface area contributed by atoms with Crippen molar-refractivity contribution in [2.24, 2.45) is 5.92 Å². The maximum absolute atomic E-state index is 11.4. The maximum atomic E-state index is 11.4. The van der Waals surface area contributed by atoms with Crippen LogP contribution in [0.15, 0.2) is 78.5 Å². The predicted molar refractivity (Wildman–Crippen MR) is 135 cm³/mol. The SMILES string of the molecule is C=C/C(=C\C(=C/C)CCCC(C)C(C)=O)Cc1ccc(-c2ccc(C)cn2)cc1.CC. The van der Waals surface area contributed by atoms with Gasteiger partial charge < -0.3 is 0 Å². The van der Waals surface area contributed by atoms with Gasteiger partial charge in [0, 0.05) is 17.7 Å². The average molecular weight is 418 g/mol. The van der Waals surface area contributed by atoms with E-state index in [0.717, 1.165) is 36.9 Å². The van der Waals surface area contributed by atoms with Crippen molar-refractivity contribution < 1.29 is 4.79 Å². The van der Waals surface area contributed by atoms with Gasteiger partial charge in [0.25, 0.3) is 0 Å². The van der Waals surface area contributed by atoms with Gasteiger partial charge in [0.2, 0.25) is 0 Å². The van der Waals surface area contributed by atoms with Gasteiger partial charge in [0.15, 0.2) is 0 Å². The molecule has 0 fully saturated rings. The number of allylic oxidation sites excluding steroid dienone is 5. The van der Waals surface area contributed by atoms with Gasteiger partial charge in [-0.05, 0) is 69.2 Å². The lowest BCUT2D eigenvalue weighted by Gasteiger charge is -2.09. The maximum Gasteiger partial charge on any atom is 0.132 e. The Hall–Kier alpha value is -2.74. The molecule has 0 radical (unpaired) electrons. The number of pyridine rings is 1. The monoisotopic (exact) mass is 417 g/mol. The molecule has 1 heterocycles. The summed E-state index contributed by atoms with van der Waals surface area (Å²) in [5.41, 5.74) is 7.06. The summed E-state index contributed by atoms with van der Waals surface area (Å²) in [5, 5.41) is 0. The van der Waals surface area contributed by atoms with Crippen molar-refractivity contribution in [2.75, 3.05) is 0 Å². The van der Waals surface area contributed by atoms with Crippen LogP contribution in [0.3, 0.4) is 0 Å². The minimum atomic E-state index is 0.150. The number of hydrogen-bond acceptors (Lipinski definition) is 2. The average Bonchev–Trinajstić information content (AvgIpc) is 2.79. The van der Waals surface area contributed by atoms with Gasteiger partial charge in [0.05, 0.1) is 5.69 Å².